The summed E-state index contributed by atoms with van der Waals surface area (Å²) in [5.41, 5.74) is 0.984. The highest BCUT2D eigenvalue weighted by Gasteiger charge is 2.09. The zero-order valence-electron chi connectivity index (χ0n) is 7.29. The first kappa shape index (κ1) is 9.55. The van der Waals surface area contributed by atoms with E-state index in [0.717, 1.165) is 5.69 Å². The van der Waals surface area contributed by atoms with Gasteiger partial charge in [-0.05, 0) is 25.4 Å². The molecule has 0 saturated carbocycles. The summed E-state index contributed by atoms with van der Waals surface area (Å²) in [6.45, 7) is 4.21. The minimum absolute atomic E-state index is 0.134. The van der Waals surface area contributed by atoms with Crippen LogP contribution in [0, 0.1) is 0 Å². The molecular weight excluding hydrogens is 176 g/mol. The second kappa shape index (κ2) is 3.92. The summed E-state index contributed by atoms with van der Waals surface area (Å²) in [5.74, 6) is 0. The van der Waals surface area contributed by atoms with E-state index in [9.17, 15) is 0 Å². The van der Waals surface area contributed by atoms with Gasteiger partial charge in [0.2, 0.25) is 5.28 Å². The summed E-state index contributed by atoms with van der Waals surface area (Å²) in [6, 6.07) is 0.293. The van der Waals surface area contributed by atoms with Gasteiger partial charge in [0.1, 0.15) is 0 Å². The third-order valence-electron chi connectivity index (χ3n) is 1.71. The molecule has 1 N–H and O–H groups in total. The Morgan fingerprint density at radius 2 is 2.33 bits per heavy atom. The third kappa shape index (κ3) is 1.79. The van der Waals surface area contributed by atoms with Gasteiger partial charge in [-0.25, -0.2) is 4.98 Å². The van der Waals surface area contributed by atoms with E-state index in [1.54, 1.807) is 6.20 Å². The Morgan fingerprint density at radius 3 is 2.83 bits per heavy atom. The van der Waals surface area contributed by atoms with Crippen LogP contribution in [0.1, 0.15) is 25.6 Å². The molecule has 12 heavy (non-hydrogen) atoms. The molecule has 0 bridgehead atoms. The van der Waals surface area contributed by atoms with Gasteiger partial charge in [0, 0.05) is 31.0 Å². The first-order valence-electron chi connectivity index (χ1n) is 3.99. The van der Waals surface area contributed by atoms with Crippen LogP contribution in [0.25, 0.3) is 0 Å². The summed E-state index contributed by atoms with van der Waals surface area (Å²) in [6.07, 6.45) is 2.32. The molecule has 1 rings (SSSR count). The first-order valence-corrected chi connectivity index (χ1v) is 4.37. The van der Waals surface area contributed by atoms with Gasteiger partial charge in [0.05, 0.1) is 0 Å². The van der Waals surface area contributed by atoms with E-state index in [1.165, 1.54) is 0 Å². The zero-order chi connectivity index (χ0) is 9.14. The van der Waals surface area contributed by atoms with Crippen molar-refractivity contribution in [3.05, 3.63) is 17.2 Å². The number of imidazole rings is 1. The smallest absolute Gasteiger partial charge is 0.203 e. The van der Waals surface area contributed by atoms with Crippen LogP contribution in [-0.2, 0) is 6.42 Å². The Balaban J connectivity index is 2.95. The van der Waals surface area contributed by atoms with Gasteiger partial charge in [-0.15, -0.1) is 0 Å². The maximum absolute atomic E-state index is 8.75. The lowest BCUT2D eigenvalue weighted by Gasteiger charge is -2.11. The molecular formula is C8H13ClN2O. The molecule has 68 valence electrons. The van der Waals surface area contributed by atoms with Crippen LogP contribution >= 0.6 is 11.6 Å². The van der Waals surface area contributed by atoms with Gasteiger partial charge in [-0.1, -0.05) is 0 Å². The molecule has 0 unspecified atom stereocenters. The number of aromatic nitrogens is 2. The molecule has 3 nitrogen and oxygen atoms in total. The van der Waals surface area contributed by atoms with Gasteiger partial charge in [0.25, 0.3) is 0 Å². The standard InChI is InChI=1S/C8H13ClN2O/c1-6(2)11-7(3-4-12)5-10-8(11)9/h5-6,12H,3-4H2,1-2H3. The molecule has 1 aromatic heterocycles. The van der Waals surface area contributed by atoms with Crippen LogP contribution in [0.15, 0.2) is 6.20 Å². The number of nitrogens with zero attached hydrogens (tertiary/aromatic N) is 2. The summed E-state index contributed by atoms with van der Waals surface area (Å²) < 4.78 is 1.91. The lowest BCUT2D eigenvalue weighted by molar-refractivity contribution is 0.295. The second-order valence-electron chi connectivity index (χ2n) is 2.96. The molecule has 0 amide bonds. The Morgan fingerprint density at radius 1 is 1.67 bits per heavy atom. The molecule has 0 atom stereocenters. The van der Waals surface area contributed by atoms with Crippen molar-refractivity contribution in [1.82, 2.24) is 9.55 Å². The SMILES string of the molecule is CC(C)n1c(CCO)cnc1Cl. The van der Waals surface area contributed by atoms with Crippen molar-refractivity contribution in [2.45, 2.75) is 26.3 Å². The summed E-state index contributed by atoms with van der Waals surface area (Å²) >= 11 is 5.85. The molecule has 4 heteroatoms. The lowest BCUT2D eigenvalue weighted by Crippen LogP contribution is -2.07. The van der Waals surface area contributed by atoms with Gasteiger partial charge >= 0.3 is 0 Å². The summed E-state index contributed by atoms with van der Waals surface area (Å²) in [4.78, 5) is 3.97. The molecule has 1 heterocycles. The van der Waals surface area contributed by atoms with Crippen LogP contribution in [0.2, 0.25) is 5.28 Å². The maximum atomic E-state index is 8.75. The Bertz CT molecular complexity index is 258. The van der Waals surface area contributed by atoms with Gasteiger partial charge in [-0.2, -0.15) is 0 Å². The monoisotopic (exact) mass is 188 g/mol. The van der Waals surface area contributed by atoms with E-state index in [0.29, 0.717) is 17.7 Å². The average Bonchev–Trinajstić information content (AvgIpc) is 2.32. The fourth-order valence-corrected chi connectivity index (χ4v) is 1.57. The zero-order valence-corrected chi connectivity index (χ0v) is 8.04. The van der Waals surface area contributed by atoms with Crippen molar-refractivity contribution in [3.63, 3.8) is 0 Å². The van der Waals surface area contributed by atoms with Gasteiger partial charge < -0.3 is 9.67 Å². The Hall–Kier alpha value is -0.540. The molecule has 0 saturated heterocycles. The van der Waals surface area contributed by atoms with Crippen LogP contribution < -0.4 is 0 Å². The van der Waals surface area contributed by atoms with Crippen molar-refractivity contribution in [2.75, 3.05) is 6.61 Å². The number of halogens is 1. The lowest BCUT2D eigenvalue weighted by atomic mass is 10.3. The maximum Gasteiger partial charge on any atom is 0.203 e. The highest BCUT2D eigenvalue weighted by Crippen LogP contribution is 2.17. The molecule has 0 aliphatic heterocycles. The highest BCUT2D eigenvalue weighted by molar-refractivity contribution is 6.28. The quantitative estimate of drug-likeness (QED) is 0.784. The molecule has 0 aliphatic carbocycles. The number of aliphatic hydroxyl groups excluding tert-OH is 1. The average molecular weight is 189 g/mol. The minimum Gasteiger partial charge on any atom is -0.396 e. The van der Waals surface area contributed by atoms with Crippen molar-refractivity contribution in [2.24, 2.45) is 0 Å². The summed E-state index contributed by atoms with van der Waals surface area (Å²) in [7, 11) is 0. The van der Waals surface area contributed by atoms with E-state index in [4.69, 9.17) is 16.7 Å². The van der Waals surface area contributed by atoms with E-state index in [-0.39, 0.29) is 6.61 Å². The molecule has 0 aromatic carbocycles. The summed E-state index contributed by atoms with van der Waals surface area (Å²) in [5, 5.41) is 9.24. The van der Waals surface area contributed by atoms with E-state index < -0.39 is 0 Å². The van der Waals surface area contributed by atoms with Crippen molar-refractivity contribution < 1.29 is 5.11 Å². The van der Waals surface area contributed by atoms with Crippen molar-refractivity contribution in [1.29, 1.82) is 0 Å². The molecule has 0 radical (unpaired) electrons. The van der Waals surface area contributed by atoms with Crippen LogP contribution in [0.3, 0.4) is 0 Å². The van der Waals surface area contributed by atoms with Crippen molar-refractivity contribution >= 4 is 11.6 Å². The number of aliphatic hydroxyl groups is 1. The van der Waals surface area contributed by atoms with Crippen LogP contribution in [0.4, 0.5) is 0 Å². The molecule has 0 spiro atoms. The van der Waals surface area contributed by atoms with E-state index in [1.807, 2.05) is 18.4 Å². The van der Waals surface area contributed by atoms with Crippen LogP contribution in [0.5, 0.6) is 0 Å². The van der Waals surface area contributed by atoms with Gasteiger partial charge in [-0.3, -0.25) is 0 Å². The number of hydrogen-bond donors (Lipinski definition) is 1. The fourth-order valence-electron chi connectivity index (χ4n) is 1.21. The Labute approximate surface area is 77.0 Å². The molecule has 0 aliphatic rings. The third-order valence-corrected chi connectivity index (χ3v) is 1.99. The number of rotatable bonds is 3. The van der Waals surface area contributed by atoms with E-state index >= 15 is 0 Å². The molecule has 0 fully saturated rings. The van der Waals surface area contributed by atoms with Gasteiger partial charge in [0.15, 0.2) is 0 Å². The second-order valence-corrected chi connectivity index (χ2v) is 3.29. The molecule has 1 aromatic rings. The minimum atomic E-state index is 0.134. The fraction of sp³-hybridized carbons (Fsp3) is 0.625. The Kier molecular flexibility index (Phi) is 3.12. The van der Waals surface area contributed by atoms with Crippen LogP contribution in [-0.4, -0.2) is 21.3 Å². The normalized spacial score (nSPS) is 11.1. The van der Waals surface area contributed by atoms with Crippen molar-refractivity contribution in [3.8, 4) is 0 Å². The number of hydrogen-bond acceptors (Lipinski definition) is 2. The highest BCUT2D eigenvalue weighted by atomic mass is 35.5. The topological polar surface area (TPSA) is 38.0 Å². The predicted octanol–water partition coefficient (Wildman–Crippen LogP) is 1.65. The predicted molar refractivity (Wildman–Crippen MR) is 48.4 cm³/mol. The van der Waals surface area contributed by atoms with E-state index in [2.05, 4.69) is 4.98 Å². The first-order chi connectivity index (χ1) is 5.66. The largest absolute Gasteiger partial charge is 0.396 e.